The number of rotatable bonds is 5. The third-order valence-corrected chi connectivity index (χ3v) is 2.51. The van der Waals surface area contributed by atoms with Crippen molar-refractivity contribution in [2.75, 3.05) is 13.7 Å². The molecule has 1 unspecified atom stereocenters. The fourth-order valence-corrected chi connectivity index (χ4v) is 1.70. The Morgan fingerprint density at radius 2 is 2.25 bits per heavy atom. The van der Waals surface area contributed by atoms with Gasteiger partial charge in [0, 0.05) is 24.2 Å². The first-order valence-electron chi connectivity index (χ1n) is 4.68. The van der Waals surface area contributed by atoms with Crippen molar-refractivity contribution >= 4 is 15.9 Å². The van der Waals surface area contributed by atoms with Crippen molar-refractivity contribution in [2.45, 2.75) is 12.5 Å². The lowest BCUT2D eigenvalue weighted by molar-refractivity contribution is -0.0970. The standard InChI is InChI=1S/C10H14BrFN2O2/c1-16-10(15)14-5-9(13)6-2-7(11)4-8(12)3-6/h2-4,9-10,14-15H,5,13H2,1H3/t9-,10?/m1/s1. The maximum atomic E-state index is 13.1. The number of nitrogens with one attached hydrogen (secondary N) is 1. The van der Waals surface area contributed by atoms with E-state index in [0.29, 0.717) is 10.0 Å². The van der Waals surface area contributed by atoms with E-state index in [1.807, 2.05) is 0 Å². The highest BCUT2D eigenvalue weighted by atomic mass is 79.9. The Hall–Kier alpha value is -0.530. The molecule has 0 aliphatic carbocycles. The van der Waals surface area contributed by atoms with Gasteiger partial charge in [-0.3, -0.25) is 5.32 Å². The Kier molecular flexibility index (Phi) is 5.30. The van der Waals surface area contributed by atoms with E-state index in [1.165, 1.54) is 19.2 Å². The van der Waals surface area contributed by atoms with E-state index in [0.717, 1.165) is 0 Å². The van der Waals surface area contributed by atoms with Crippen LogP contribution in [0.2, 0.25) is 0 Å². The van der Waals surface area contributed by atoms with Gasteiger partial charge in [-0.05, 0) is 23.8 Å². The van der Waals surface area contributed by atoms with Crippen molar-refractivity contribution in [1.82, 2.24) is 5.32 Å². The van der Waals surface area contributed by atoms with E-state index >= 15 is 0 Å². The molecule has 1 aromatic carbocycles. The summed E-state index contributed by atoms with van der Waals surface area (Å²) in [5.74, 6) is -0.355. The number of aliphatic hydroxyl groups is 1. The first-order valence-corrected chi connectivity index (χ1v) is 5.48. The molecule has 6 heteroatoms. The van der Waals surface area contributed by atoms with Crippen LogP contribution in [0.4, 0.5) is 4.39 Å². The van der Waals surface area contributed by atoms with E-state index in [9.17, 15) is 4.39 Å². The third kappa shape index (κ3) is 4.15. The third-order valence-electron chi connectivity index (χ3n) is 2.05. The zero-order chi connectivity index (χ0) is 12.1. The second-order valence-electron chi connectivity index (χ2n) is 3.31. The molecule has 0 aromatic heterocycles. The molecule has 0 heterocycles. The molecular weight excluding hydrogens is 279 g/mol. The summed E-state index contributed by atoms with van der Waals surface area (Å²) in [7, 11) is 1.36. The number of halogens is 2. The van der Waals surface area contributed by atoms with Crippen LogP contribution in [0.1, 0.15) is 11.6 Å². The number of benzene rings is 1. The second kappa shape index (κ2) is 6.27. The molecule has 1 rings (SSSR count). The van der Waals surface area contributed by atoms with Crippen molar-refractivity contribution in [3.63, 3.8) is 0 Å². The van der Waals surface area contributed by atoms with Gasteiger partial charge in [-0.25, -0.2) is 4.39 Å². The fraction of sp³-hybridized carbons (Fsp3) is 0.400. The van der Waals surface area contributed by atoms with Gasteiger partial charge in [0.05, 0.1) is 0 Å². The predicted molar refractivity (Wildman–Crippen MR) is 62.0 cm³/mol. The second-order valence-corrected chi connectivity index (χ2v) is 4.22. The molecule has 0 fully saturated rings. The van der Waals surface area contributed by atoms with Crippen LogP contribution in [0.3, 0.4) is 0 Å². The van der Waals surface area contributed by atoms with Gasteiger partial charge in [0.15, 0.2) is 0 Å². The van der Waals surface area contributed by atoms with Gasteiger partial charge >= 0.3 is 0 Å². The molecular formula is C10H14BrFN2O2. The zero-order valence-electron chi connectivity index (χ0n) is 8.78. The highest BCUT2D eigenvalue weighted by Gasteiger charge is 2.10. The van der Waals surface area contributed by atoms with Crippen LogP contribution in [-0.2, 0) is 4.74 Å². The SMILES string of the molecule is COC(O)NC[C@@H](N)c1cc(F)cc(Br)c1. The van der Waals surface area contributed by atoms with Crippen LogP contribution in [0.5, 0.6) is 0 Å². The number of hydrogen-bond acceptors (Lipinski definition) is 4. The smallest absolute Gasteiger partial charge is 0.213 e. The molecule has 0 bridgehead atoms. The Labute approximate surface area is 102 Å². The quantitative estimate of drug-likeness (QED) is 0.711. The van der Waals surface area contributed by atoms with Crippen LogP contribution >= 0.6 is 15.9 Å². The van der Waals surface area contributed by atoms with E-state index < -0.39 is 12.5 Å². The topological polar surface area (TPSA) is 67.5 Å². The summed E-state index contributed by atoms with van der Waals surface area (Å²) in [6.07, 6.45) is -1.07. The normalized spacial score (nSPS) is 14.8. The van der Waals surface area contributed by atoms with Gasteiger partial charge in [-0.1, -0.05) is 15.9 Å². The van der Waals surface area contributed by atoms with Crippen LogP contribution in [0, 0.1) is 5.82 Å². The molecule has 0 spiro atoms. The van der Waals surface area contributed by atoms with Crippen LogP contribution in [0.25, 0.3) is 0 Å². The molecule has 0 aliphatic rings. The van der Waals surface area contributed by atoms with Gasteiger partial charge in [0.2, 0.25) is 6.41 Å². The predicted octanol–water partition coefficient (Wildman–Crippen LogP) is 1.10. The average molecular weight is 293 g/mol. The minimum atomic E-state index is -1.07. The van der Waals surface area contributed by atoms with Crippen LogP contribution in [-0.4, -0.2) is 25.2 Å². The largest absolute Gasteiger partial charge is 0.356 e. The highest BCUT2D eigenvalue weighted by Crippen LogP contribution is 2.18. The summed E-state index contributed by atoms with van der Waals surface area (Å²) in [6, 6.07) is 4.02. The van der Waals surface area contributed by atoms with Crippen molar-refractivity contribution in [3.8, 4) is 0 Å². The number of methoxy groups -OCH3 is 1. The summed E-state index contributed by atoms with van der Waals surface area (Å²) in [4.78, 5) is 0. The van der Waals surface area contributed by atoms with Gasteiger partial charge in [0.1, 0.15) is 5.82 Å². The first kappa shape index (κ1) is 13.5. The summed E-state index contributed by atoms with van der Waals surface area (Å²) < 4.78 is 18.3. The lowest BCUT2D eigenvalue weighted by Gasteiger charge is -2.16. The Bertz CT molecular complexity index is 331. The lowest BCUT2D eigenvalue weighted by Crippen LogP contribution is -2.36. The molecule has 4 nitrogen and oxygen atoms in total. The minimum absolute atomic E-state index is 0.283. The molecule has 90 valence electrons. The van der Waals surface area contributed by atoms with Crippen LogP contribution < -0.4 is 11.1 Å². The Balaban J connectivity index is 2.62. The lowest BCUT2D eigenvalue weighted by atomic mass is 10.1. The van der Waals surface area contributed by atoms with Crippen molar-refractivity contribution in [1.29, 1.82) is 0 Å². The van der Waals surface area contributed by atoms with Crippen molar-refractivity contribution in [2.24, 2.45) is 5.73 Å². The summed E-state index contributed by atoms with van der Waals surface area (Å²) in [6.45, 7) is 0.283. The monoisotopic (exact) mass is 292 g/mol. The summed E-state index contributed by atoms with van der Waals surface area (Å²) >= 11 is 3.18. The highest BCUT2D eigenvalue weighted by molar-refractivity contribution is 9.10. The fourth-order valence-electron chi connectivity index (χ4n) is 1.22. The molecule has 4 N–H and O–H groups in total. The van der Waals surface area contributed by atoms with Crippen molar-refractivity contribution < 1.29 is 14.2 Å². The molecule has 2 atom stereocenters. The number of hydrogen-bond donors (Lipinski definition) is 3. The summed E-state index contributed by atoms with van der Waals surface area (Å²) in [5, 5.41) is 11.7. The maximum Gasteiger partial charge on any atom is 0.213 e. The summed E-state index contributed by atoms with van der Waals surface area (Å²) in [5.41, 5.74) is 6.46. The molecule has 0 radical (unpaired) electrons. The van der Waals surface area contributed by atoms with Crippen LogP contribution in [0.15, 0.2) is 22.7 Å². The van der Waals surface area contributed by atoms with E-state index in [4.69, 9.17) is 10.8 Å². The molecule has 0 amide bonds. The first-order chi connectivity index (χ1) is 7.52. The van der Waals surface area contributed by atoms with Gasteiger partial charge < -0.3 is 15.6 Å². The number of aliphatic hydroxyl groups excluding tert-OH is 1. The maximum absolute atomic E-state index is 13.1. The number of ether oxygens (including phenoxy) is 1. The molecule has 1 aromatic rings. The molecule has 0 aliphatic heterocycles. The Morgan fingerprint density at radius 3 is 2.81 bits per heavy atom. The van der Waals surface area contributed by atoms with E-state index in [2.05, 4.69) is 26.0 Å². The van der Waals surface area contributed by atoms with Gasteiger partial charge in [-0.2, -0.15) is 0 Å². The molecule has 0 saturated heterocycles. The average Bonchev–Trinajstić information content (AvgIpc) is 2.23. The molecule has 16 heavy (non-hydrogen) atoms. The van der Waals surface area contributed by atoms with Gasteiger partial charge in [-0.15, -0.1) is 0 Å². The van der Waals surface area contributed by atoms with Gasteiger partial charge in [0.25, 0.3) is 0 Å². The molecule has 0 saturated carbocycles. The Morgan fingerprint density at radius 1 is 1.56 bits per heavy atom. The number of nitrogens with two attached hydrogens (primary N) is 1. The minimum Gasteiger partial charge on any atom is -0.356 e. The van der Waals surface area contributed by atoms with E-state index in [1.54, 1.807) is 6.07 Å². The van der Waals surface area contributed by atoms with Crippen molar-refractivity contribution in [3.05, 3.63) is 34.1 Å². The van der Waals surface area contributed by atoms with E-state index in [-0.39, 0.29) is 12.4 Å². The zero-order valence-corrected chi connectivity index (χ0v) is 10.4.